The molecule has 1 amide bonds. The number of carbonyl (C=O) groups is 1. The first-order valence-electron chi connectivity index (χ1n) is 9.77. The Kier molecular flexibility index (Phi) is 5.33. The minimum absolute atomic E-state index is 0.0599. The average molecular weight is 382 g/mol. The quantitative estimate of drug-likeness (QED) is 0.720. The number of hydrogen-bond acceptors (Lipinski definition) is 2. The van der Waals surface area contributed by atoms with E-state index in [1.54, 1.807) is 0 Å². The summed E-state index contributed by atoms with van der Waals surface area (Å²) in [5.41, 5.74) is 1.53. The lowest BCUT2D eigenvalue weighted by Gasteiger charge is -2.49. The topological polar surface area (TPSA) is 38.3 Å². The summed E-state index contributed by atoms with van der Waals surface area (Å²) >= 11 is 0. The first-order valence-corrected chi connectivity index (χ1v) is 12.7. The first-order chi connectivity index (χ1) is 12.7. The van der Waals surface area contributed by atoms with Crippen LogP contribution in [0.25, 0.3) is 0 Å². The molecule has 1 aliphatic rings. The van der Waals surface area contributed by atoms with E-state index in [1.807, 2.05) is 12.1 Å². The summed E-state index contributed by atoms with van der Waals surface area (Å²) in [5, 5.41) is 3.28. The van der Waals surface area contributed by atoms with Gasteiger partial charge in [-0.1, -0.05) is 81.4 Å². The van der Waals surface area contributed by atoms with E-state index in [9.17, 15) is 4.79 Å². The van der Waals surface area contributed by atoms with Gasteiger partial charge in [-0.2, -0.15) is 0 Å². The lowest BCUT2D eigenvalue weighted by molar-refractivity contribution is -0.120. The van der Waals surface area contributed by atoms with E-state index in [2.05, 4.69) is 87.7 Å². The summed E-state index contributed by atoms with van der Waals surface area (Å²) in [7, 11) is -2.15. The molecule has 0 bridgehead atoms. The van der Waals surface area contributed by atoms with Crippen molar-refractivity contribution < 1.29 is 9.22 Å². The maximum atomic E-state index is 12.2. The number of benzene rings is 2. The van der Waals surface area contributed by atoms with Gasteiger partial charge in [0, 0.05) is 6.42 Å². The third-order valence-corrected chi connectivity index (χ3v) is 10.6. The molecule has 3 nitrogen and oxygen atoms in total. The fourth-order valence-corrected chi connectivity index (χ4v) is 5.09. The van der Waals surface area contributed by atoms with Crippen LogP contribution >= 0.6 is 0 Å². The minimum Gasteiger partial charge on any atom is -0.401 e. The second kappa shape index (κ2) is 7.25. The van der Waals surface area contributed by atoms with E-state index in [0.29, 0.717) is 6.42 Å². The lowest BCUT2D eigenvalue weighted by atomic mass is 9.79. The molecule has 1 aliphatic heterocycles. The second-order valence-corrected chi connectivity index (χ2v) is 13.7. The Morgan fingerprint density at radius 1 is 0.926 bits per heavy atom. The third kappa shape index (κ3) is 3.74. The molecule has 1 N–H and O–H groups in total. The van der Waals surface area contributed by atoms with Gasteiger partial charge in [-0.15, -0.1) is 0 Å². The highest BCUT2D eigenvalue weighted by molar-refractivity contribution is 6.74. The van der Waals surface area contributed by atoms with Crippen LogP contribution in [0.2, 0.25) is 18.1 Å². The Balaban J connectivity index is 2.24. The average Bonchev–Trinajstić information content (AvgIpc) is 3.07. The van der Waals surface area contributed by atoms with Crippen LogP contribution in [-0.4, -0.2) is 20.3 Å². The summed E-state index contributed by atoms with van der Waals surface area (Å²) in [6, 6.07) is 20.7. The zero-order chi connectivity index (χ0) is 19.7. The molecule has 1 fully saturated rings. The van der Waals surface area contributed by atoms with Gasteiger partial charge in [0.15, 0.2) is 8.32 Å². The number of rotatable bonds is 5. The maximum Gasteiger partial charge on any atom is 0.220 e. The van der Waals surface area contributed by atoms with Crippen LogP contribution in [0.3, 0.4) is 0 Å². The molecule has 0 unspecified atom stereocenters. The summed E-state index contributed by atoms with van der Waals surface area (Å²) in [4.78, 5) is 12.2. The standard InChI is InChI=1S/C23H31NO2Si/c1-22(2,3)27(4,5)26-23(18-12-8-6-9-13-18,19-14-10-7-11-15-19)20-16-17-21(25)24-20/h6-15,20H,16-17H2,1-5H3,(H,24,25)/t20-/m0/s1. The van der Waals surface area contributed by atoms with E-state index in [0.717, 1.165) is 17.5 Å². The molecule has 0 aromatic heterocycles. The summed E-state index contributed by atoms with van der Waals surface area (Å²) < 4.78 is 7.22. The van der Waals surface area contributed by atoms with E-state index in [4.69, 9.17) is 4.43 Å². The minimum atomic E-state index is -2.15. The monoisotopic (exact) mass is 381 g/mol. The van der Waals surface area contributed by atoms with Crippen molar-refractivity contribution in [2.24, 2.45) is 0 Å². The van der Waals surface area contributed by atoms with Crippen LogP contribution < -0.4 is 5.32 Å². The molecule has 1 heterocycles. The Morgan fingerprint density at radius 3 is 1.78 bits per heavy atom. The molecule has 0 saturated carbocycles. The SMILES string of the molecule is CC(C)(C)[Si](C)(C)OC(c1ccccc1)(c1ccccc1)[C@@H]1CCC(=O)N1. The van der Waals surface area contributed by atoms with Crippen molar-refractivity contribution in [2.75, 3.05) is 0 Å². The van der Waals surface area contributed by atoms with Gasteiger partial charge in [0.25, 0.3) is 0 Å². The number of nitrogens with one attached hydrogen (secondary N) is 1. The molecule has 27 heavy (non-hydrogen) atoms. The first kappa shape index (κ1) is 19.8. The third-order valence-electron chi connectivity index (χ3n) is 6.11. The number of hydrogen-bond donors (Lipinski definition) is 1. The Hall–Kier alpha value is -1.91. The van der Waals surface area contributed by atoms with Gasteiger partial charge >= 0.3 is 0 Å². The molecule has 3 rings (SSSR count). The Morgan fingerprint density at radius 2 is 1.41 bits per heavy atom. The zero-order valence-electron chi connectivity index (χ0n) is 17.1. The van der Waals surface area contributed by atoms with Crippen LogP contribution in [-0.2, 0) is 14.8 Å². The van der Waals surface area contributed by atoms with Crippen molar-refractivity contribution in [1.82, 2.24) is 5.32 Å². The molecule has 1 atom stereocenters. The van der Waals surface area contributed by atoms with Gasteiger partial charge in [-0.3, -0.25) is 4.79 Å². The second-order valence-electron chi connectivity index (χ2n) is 8.99. The van der Waals surface area contributed by atoms with Crippen molar-refractivity contribution in [3.63, 3.8) is 0 Å². The Bertz CT molecular complexity index is 742. The van der Waals surface area contributed by atoms with Gasteiger partial charge < -0.3 is 9.74 Å². The van der Waals surface area contributed by atoms with Gasteiger partial charge in [-0.25, -0.2) is 0 Å². The van der Waals surface area contributed by atoms with Crippen molar-refractivity contribution in [2.45, 2.75) is 63.4 Å². The highest BCUT2D eigenvalue weighted by Gasteiger charge is 2.52. The van der Waals surface area contributed by atoms with Crippen LogP contribution in [0.15, 0.2) is 60.7 Å². The lowest BCUT2D eigenvalue weighted by Crippen LogP contribution is -2.56. The summed E-state index contributed by atoms with van der Waals surface area (Å²) in [5.74, 6) is 0.107. The smallest absolute Gasteiger partial charge is 0.220 e. The molecule has 144 valence electrons. The molecular weight excluding hydrogens is 350 g/mol. The van der Waals surface area contributed by atoms with E-state index in [1.165, 1.54) is 0 Å². The van der Waals surface area contributed by atoms with Crippen molar-refractivity contribution in [1.29, 1.82) is 0 Å². The molecular formula is C23H31NO2Si. The van der Waals surface area contributed by atoms with Gasteiger partial charge in [0.2, 0.25) is 5.91 Å². The van der Waals surface area contributed by atoms with Crippen LogP contribution in [0.5, 0.6) is 0 Å². The van der Waals surface area contributed by atoms with E-state index in [-0.39, 0.29) is 17.0 Å². The van der Waals surface area contributed by atoms with Crippen molar-refractivity contribution >= 4 is 14.2 Å². The highest BCUT2D eigenvalue weighted by atomic mass is 28.4. The van der Waals surface area contributed by atoms with Gasteiger partial charge in [-0.05, 0) is 35.7 Å². The molecule has 2 aromatic carbocycles. The largest absolute Gasteiger partial charge is 0.401 e. The van der Waals surface area contributed by atoms with E-state index >= 15 is 0 Å². The molecule has 2 aromatic rings. The normalized spacial score (nSPS) is 18.4. The Labute approximate surface area is 164 Å². The predicted octanol–water partition coefficient (Wildman–Crippen LogP) is 5.23. The van der Waals surface area contributed by atoms with E-state index < -0.39 is 13.9 Å². The van der Waals surface area contributed by atoms with Crippen molar-refractivity contribution in [3.8, 4) is 0 Å². The number of carbonyl (C=O) groups excluding carboxylic acids is 1. The zero-order valence-corrected chi connectivity index (χ0v) is 18.1. The van der Waals surface area contributed by atoms with Crippen LogP contribution in [0, 0.1) is 0 Å². The molecule has 4 heteroatoms. The van der Waals surface area contributed by atoms with Gasteiger partial charge in [0.1, 0.15) is 5.60 Å². The van der Waals surface area contributed by atoms with Gasteiger partial charge in [0.05, 0.1) is 6.04 Å². The fourth-order valence-electron chi connectivity index (χ4n) is 3.60. The maximum absolute atomic E-state index is 12.2. The fraction of sp³-hybridized carbons (Fsp3) is 0.435. The summed E-state index contributed by atoms with van der Waals surface area (Å²) in [6.07, 6.45) is 1.32. The van der Waals surface area contributed by atoms with Crippen LogP contribution in [0.1, 0.15) is 44.7 Å². The van der Waals surface area contributed by atoms with Crippen LogP contribution in [0.4, 0.5) is 0 Å². The van der Waals surface area contributed by atoms with Crippen molar-refractivity contribution in [3.05, 3.63) is 71.8 Å². The molecule has 1 saturated heterocycles. The predicted molar refractivity (Wildman–Crippen MR) is 113 cm³/mol. The summed E-state index contributed by atoms with van der Waals surface area (Å²) in [6.45, 7) is 11.3. The molecule has 0 spiro atoms. The highest BCUT2D eigenvalue weighted by Crippen LogP contribution is 2.47. The molecule has 0 aliphatic carbocycles. The number of amides is 1. The molecule has 0 radical (unpaired) electrons.